The number of nitrogens with zero attached hydrogens (tertiary/aromatic N) is 2. The standard InChI is InChI=1S/C34H16Cl2N2O2S4/c35-29-32-34(40-22-16-18(6-8-20(22)38-32)24-10-12-28(44-24)26-4-2-14-42-26)30(36)31-33(29)39-21-15-17(5-7-19(21)37-31)23-9-11-27(43-23)25-3-1-13-41-25/h1-16H. The van der Waals surface area contributed by atoms with Crippen LogP contribution in [0.1, 0.15) is 0 Å². The van der Waals surface area contributed by atoms with E-state index in [4.69, 9.17) is 42.7 Å². The third-order valence-electron chi connectivity index (χ3n) is 7.36. The molecule has 0 spiro atoms. The number of thiophene rings is 4. The molecule has 2 aliphatic rings. The summed E-state index contributed by atoms with van der Waals surface area (Å²) in [4.78, 5) is 17.0. The monoisotopic (exact) mass is 682 g/mol. The molecule has 0 N–H and O–H groups in total. The van der Waals surface area contributed by atoms with Crippen molar-refractivity contribution in [1.82, 2.24) is 0 Å². The van der Waals surface area contributed by atoms with Crippen LogP contribution in [0.5, 0.6) is 23.0 Å². The molecular formula is C34H16Cl2N2O2S4. The van der Waals surface area contributed by atoms with Gasteiger partial charge in [0, 0.05) is 29.3 Å². The molecule has 0 fully saturated rings. The highest BCUT2D eigenvalue weighted by atomic mass is 35.5. The van der Waals surface area contributed by atoms with Crippen molar-refractivity contribution in [3.63, 3.8) is 0 Å². The molecule has 0 atom stereocenters. The first-order valence-corrected chi connectivity index (χ1v) is 17.6. The van der Waals surface area contributed by atoms with Crippen LogP contribution >= 0.6 is 68.5 Å². The number of ether oxygens (including phenoxy) is 2. The van der Waals surface area contributed by atoms with Crippen LogP contribution in [0.3, 0.4) is 0 Å². The Hall–Kier alpha value is -3.76. The normalized spacial score (nSPS) is 12.6. The Morgan fingerprint density at radius 3 is 1.39 bits per heavy atom. The molecule has 0 saturated carbocycles. The molecule has 2 aliphatic heterocycles. The fourth-order valence-corrected chi connectivity index (χ4v) is 9.43. The van der Waals surface area contributed by atoms with Crippen LogP contribution in [-0.4, -0.2) is 0 Å². The van der Waals surface area contributed by atoms with E-state index in [2.05, 4.69) is 59.3 Å². The van der Waals surface area contributed by atoms with E-state index in [1.54, 1.807) is 45.3 Å². The van der Waals surface area contributed by atoms with Crippen molar-refractivity contribution in [3.05, 3.63) is 116 Å². The summed E-state index contributed by atoms with van der Waals surface area (Å²) >= 11 is 20.8. The van der Waals surface area contributed by atoms with E-state index in [1.165, 1.54) is 19.5 Å². The number of hydrogen-bond acceptors (Lipinski definition) is 8. The Balaban J connectivity index is 1.08. The van der Waals surface area contributed by atoms with Crippen molar-refractivity contribution >= 4 is 79.9 Å². The molecule has 212 valence electrons. The Labute approximate surface area is 277 Å². The van der Waals surface area contributed by atoms with Gasteiger partial charge in [-0.3, -0.25) is 0 Å². The lowest BCUT2D eigenvalue weighted by molar-refractivity contribution is 0.451. The van der Waals surface area contributed by atoms with Gasteiger partial charge >= 0.3 is 0 Å². The largest absolute Gasteiger partial charge is 0.451 e. The van der Waals surface area contributed by atoms with E-state index >= 15 is 0 Å². The molecule has 3 aromatic carbocycles. The molecule has 4 nitrogen and oxygen atoms in total. The molecule has 6 heterocycles. The molecule has 7 aromatic rings. The Kier molecular flexibility index (Phi) is 6.30. The zero-order chi connectivity index (χ0) is 29.4. The average Bonchev–Trinajstić information content (AvgIpc) is 3.88. The highest BCUT2D eigenvalue weighted by molar-refractivity contribution is 7.23. The summed E-state index contributed by atoms with van der Waals surface area (Å²) in [6.07, 6.45) is 0. The molecule has 9 rings (SSSR count). The van der Waals surface area contributed by atoms with Gasteiger partial charge < -0.3 is 9.47 Å². The maximum absolute atomic E-state index is 6.93. The van der Waals surface area contributed by atoms with Gasteiger partial charge in [-0.1, -0.05) is 47.5 Å². The number of fused-ring (bicyclic) bond motifs is 4. The van der Waals surface area contributed by atoms with Gasteiger partial charge in [-0.25, -0.2) is 9.98 Å². The molecule has 0 amide bonds. The quantitative estimate of drug-likeness (QED) is 0.185. The fourth-order valence-electron chi connectivity index (χ4n) is 5.24. The smallest absolute Gasteiger partial charge is 0.175 e. The third kappa shape index (κ3) is 4.36. The van der Waals surface area contributed by atoms with Crippen LogP contribution in [-0.2, 0) is 0 Å². The first kappa shape index (κ1) is 26.6. The summed E-state index contributed by atoms with van der Waals surface area (Å²) in [6.45, 7) is 0. The van der Waals surface area contributed by atoms with Crippen LogP contribution in [0.25, 0.3) is 40.4 Å². The van der Waals surface area contributed by atoms with E-state index < -0.39 is 0 Å². The zero-order valence-electron chi connectivity index (χ0n) is 22.3. The summed E-state index contributed by atoms with van der Waals surface area (Å²) in [5.74, 6) is 1.97. The molecule has 0 saturated heterocycles. The number of halogens is 2. The van der Waals surface area contributed by atoms with Crippen LogP contribution in [0.15, 0.2) is 106 Å². The second kappa shape index (κ2) is 10.4. The topological polar surface area (TPSA) is 43.2 Å². The van der Waals surface area contributed by atoms with Crippen molar-refractivity contribution in [2.45, 2.75) is 0 Å². The minimum atomic E-state index is 0.309. The Bertz CT molecular complexity index is 2210. The first-order valence-electron chi connectivity index (χ1n) is 13.5. The molecule has 0 bridgehead atoms. The van der Waals surface area contributed by atoms with Gasteiger partial charge in [0.1, 0.15) is 32.1 Å². The predicted molar refractivity (Wildman–Crippen MR) is 184 cm³/mol. The predicted octanol–water partition coefficient (Wildman–Crippen LogP) is 12.0. The molecule has 4 aromatic heterocycles. The zero-order valence-corrected chi connectivity index (χ0v) is 27.1. The average molecular weight is 684 g/mol. The maximum atomic E-state index is 6.93. The van der Waals surface area contributed by atoms with Crippen LogP contribution in [0.2, 0.25) is 10.0 Å². The van der Waals surface area contributed by atoms with Gasteiger partial charge in [0.05, 0.1) is 0 Å². The first-order chi connectivity index (χ1) is 21.6. The fraction of sp³-hybridized carbons (Fsp3) is 0. The van der Waals surface area contributed by atoms with E-state index in [0.29, 0.717) is 55.1 Å². The summed E-state index contributed by atoms with van der Waals surface area (Å²) in [6, 6.07) is 29.0. The van der Waals surface area contributed by atoms with Gasteiger partial charge in [0.25, 0.3) is 0 Å². The summed E-state index contributed by atoms with van der Waals surface area (Å²) in [5.41, 5.74) is 3.43. The Morgan fingerprint density at radius 1 is 0.500 bits per heavy atom. The van der Waals surface area contributed by atoms with Gasteiger partial charge in [0.2, 0.25) is 0 Å². The number of hydrogen-bond donors (Lipinski definition) is 0. The molecular weight excluding hydrogens is 668 g/mol. The van der Waals surface area contributed by atoms with Crippen molar-refractivity contribution in [1.29, 1.82) is 0 Å². The van der Waals surface area contributed by atoms with E-state index in [9.17, 15) is 0 Å². The molecule has 10 heteroatoms. The number of rotatable bonds is 4. The molecule has 44 heavy (non-hydrogen) atoms. The SMILES string of the molecule is Clc1c2c(c(Cl)c3c1=Nc1ccc(-c4ccc(-c5cccs5)s4)cc1O3)=Nc1ccc(-c3ccc(-c4cccs4)s3)cc1O2. The van der Waals surface area contributed by atoms with Crippen LogP contribution in [0, 0.1) is 0 Å². The third-order valence-corrected chi connectivity index (χ3v) is 12.5. The van der Waals surface area contributed by atoms with Gasteiger partial charge in [-0.2, -0.15) is 0 Å². The molecule has 0 radical (unpaired) electrons. The minimum absolute atomic E-state index is 0.309. The second-order valence-corrected chi connectivity index (χ2v) is 14.9. The summed E-state index contributed by atoms with van der Waals surface area (Å²) < 4.78 is 12.8. The van der Waals surface area contributed by atoms with Gasteiger partial charge in [0.15, 0.2) is 23.0 Å². The van der Waals surface area contributed by atoms with Crippen molar-refractivity contribution < 1.29 is 9.47 Å². The van der Waals surface area contributed by atoms with Crippen molar-refractivity contribution in [2.75, 3.05) is 0 Å². The maximum Gasteiger partial charge on any atom is 0.175 e. The van der Waals surface area contributed by atoms with E-state index in [0.717, 1.165) is 20.9 Å². The van der Waals surface area contributed by atoms with E-state index in [1.807, 2.05) is 36.4 Å². The van der Waals surface area contributed by atoms with Gasteiger partial charge in [-0.15, -0.1) is 45.3 Å². The molecule has 0 unspecified atom stereocenters. The highest BCUT2D eigenvalue weighted by Crippen LogP contribution is 2.46. The molecule has 0 aliphatic carbocycles. The van der Waals surface area contributed by atoms with Crippen LogP contribution in [0.4, 0.5) is 11.4 Å². The van der Waals surface area contributed by atoms with Crippen molar-refractivity contribution in [3.8, 4) is 63.4 Å². The summed E-state index contributed by atoms with van der Waals surface area (Å²) in [5, 5.41) is 5.66. The van der Waals surface area contributed by atoms with Gasteiger partial charge in [-0.05, 0) is 82.6 Å². The van der Waals surface area contributed by atoms with Crippen LogP contribution < -0.4 is 20.2 Å². The highest BCUT2D eigenvalue weighted by Gasteiger charge is 2.27. The minimum Gasteiger partial charge on any atom is -0.451 e. The number of benzene rings is 3. The summed E-state index contributed by atoms with van der Waals surface area (Å²) in [7, 11) is 0. The second-order valence-electron chi connectivity index (χ2n) is 10.1. The lowest BCUT2D eigenvalue weighted by Gasteiger charge is -2.21. The lowest BCUT2D eigenvalue weighted by Crippen LogP contribution is -2.22. The van der Waals surface area contributed by atoms with E-state index in [-0.39, 0.29) is 0 Å². The van der Waals surface area contributed by atoms with Crippen molar-refractivity contribution in [2.24, 2.45) is 9.98 Å². The lowest BCUT2D eigenvalue weighted by atomic mass is 10.1. The Morgan fingerprint density at radius 2 is 0.955 bits per heavy atom.